The molecule has 8 heteroatoms. The highest BCUT2D eigenvalue weighted by Gasteiger charge is 2.29. The number of fused-ring (bicyclic) bond motifs is 1. The summed E-state index contributed by atoms with van der Waals surface area (Å²) in [6, 6.07) is 11.4. The zero-order valence-electron chi connectivity index (χ0n) is 16.9. The molecule has 3 aromatic heterocycles. The van der Waals surface area contributed by atoms with Gasteiger partial charge in [0, 0.05) is 17.7 Å². The van der Waals surface area contributed by atoms with Gasteiger partial charge in [0.15, 0.2) is 17.3 Å². The summed E-state index contributed by atoms with van der Waals surface area (Å²) in [6.45, 7) is 4.51. The Balaban J connectivity index is 1.34. The summed E-state index contributed by atoms with van der Waals surface area (Å²) < 4.78 is 7.27. The molecule has 0 bridgehead atoms. The van der Waals surface area contributed by atoms with Gasteiger partial charge in [0.1, 0.15) is 0 Å². The van der Waals surface area contributed by atoms with Gasteiger partial charge in [-0.3, -0.25) is 9.20 Å². The van der Waals surface area contributed by atoms with E-state index < -0.39 is 0 Å². The van der Waals surface area contributed by atoms with Crippen molar-refractivity contribution in [2.75, 3.05) is 0 Å². The third-order valence-electron chi connectivity index (χ3n) is 5.37. The Kier molecular flexibility index (Phi) is 4.54. The van der Waals surface area contributed by atoms with E-state index in [1.165, 1.54) is 5.56 Å². The summed E-state index contributed by atoms with van der Waals surface area (Å²) >= 11 is 0. The van der Waals surface area contributed by atoms with E-state index in [0.717, 1.165) is 24.2 Å². The van der Waals surface area contributed by atoms with Gasteiger partial charge in [0.05, 0.1) is 12.1 Å². The second kappa shape index (κ2) is 7.37. The zero-order valence-corrected chi connectivity index (χ0v) is 16.9. The largest absolute Gasteiger partial charge is 0.345 e. The van der Waals surface area contributed by atoms with E-state index in [2.05, 4.69) is 39.5 Å². The fraction of sp³-hybridized carbons (Fsp3) is 0.318. The Bertz CT molecular complexity index is 1200. The van der Waals surface area contributed by atoms with Gasteiger partial charge in [0.2, 0.25) is 0 Å². The third kappa shape index (κ3) is 3.45. The molecule has 1 aliphatic carbocycles. The number of pyridine rings is 1. The number of benzene rings is 1. The maximum absolute atomic E-state index is 12.5. The second-order valence-corrected chi connectivity index (χ2v) is 7.92. The van der Waals surface area contributed by atoms with Gasteiger partial charge in [-0.05, 0) is 48.6 Å². The number of carbonyl (C=O) groups excluding carboxylic acids is 1. The van der Waals surface area contributed by atoms with Gasteiger partial charge in [-0.15, -0.1) is 10.2 Å². The van der Waals surface area contributed by atoms with Crippen molar-refractivity contribution in [3.05, 3.63) is 65.4 Å². The molecule has 0 aliphatic heterocycles. The molecule has 5 rings (SSSR count). The number of nitrogens with one attached hydrogen (secondary N) is 1. The highest BCUT2D eigenvalue weighted by atomic mass is 16.5. The first-order valence-corrected chi connectivity index (χ1v) is 10.1. The number of rotatable bonds is 6. The number of hydrogen-bond donors (Lipinski definition) is 1. The van der Waals surface area contributed by atoms with E-state index in [4.69, 9.17) is 4.52 Å². The predicted molar refractivity (Wildman–Crippen MR) is 110 cm³/mol. The number of aromatic nitrogens is 5. The van der Waals surface area contributed by atoms with E-state index in [1.807, 2.05) is 47.0 Å². The topological polar surface area (TPSA) is 98.2 Å². The Hall–Kier alpha value is -3.55. The fourth-order valence-electron chi connectivity index (χ4n) is 3.38. The first-order valence-electron chi connectivity index (χ1n) is 10.1. The predicted octanol–water partition coefficient (Wildman–Crippen LogP) is 3.71. The van der Waals surface area contributed by atoms with Crippen molar-refractivity contribution in [3.8, 4) is 11.5 Å². The standard InChI is InChI=1S/C22H22N6O2/c1-13(2)14-5-9-16(10-6-14)21(29)23-12-18-25-26-20-17(4-3-11-28(18)20)22-24-19(27-30-22)15-7-8-15/h3-6,9-11,13,15H,7-8,12H2,1-2H3,(H,23,29). The quantitative estimate of drug-likeness (QED) is 0.528. The number of carbonyl (C=O) groups is 1. The molecule has 0 spiro atoms. The van der Waals surface area contributed by atoms with Gasteiger partial charge in [-0.1, -0.05) is 31.1 Å². The first kappa shape index (κ1) is 18.5. The molecule has 0 atom stereocenters. The van der Waals surface area contributed by atoms with E-state index in [-0.39, 0.29) is 12.5 Å². The molecule has 0 radical (unpaired) electrons. The van der Waals surface area contributed by atoms with Crippen LogP contribution in [0.1, 0.15) is 66.1 Å². The lowest BCUT2D eigenvalue weighted by atomic mass is 10.0. The Labute approximate surface area is 173 Å². The monoisotopic (exact) mass is 402 g/mol. The van der Waals surface area contributed by atoms with Gasteiger partial charge < -0.3 is 9.84 Å². The van der Waals surface area contributed by atoms with Crippen LogP contribution in [0.5, 0.6) is 0 Å². The van der Waals surface area contributed by atoms with Crippen LogP contribution in [0.2, 0.25) is 0 Å². The van der Waals surface area contributed by atoms with Crippen molar-refractivity contribution >= 4 is 11.6 Å². The molecule has 1 saturated carbocycles. The van der Waals surface area contributed by atoms with Crippen molar-refractivity contribution in [1.29, 1.82) is 0 Å². The smallest absolute Gasteiger partial charge is 0.261 e. The Morgan fingerprint density at radius 1 is 1.20 bits per heavy atom. The summed E-state index contributed by atoms with van der Waals surface area (Å²) in [5.74, 6) is 2.52. The van der Waals surface area contributed by atoms with Gasteiger partial charge in [-0.25, -0.2) is 0 Å². The van der Waals surface area contributed by atoms with Crippen molar-refractivity contribution < 1.29 is 9.32 Å². The average Bonchev–Trinajstić information content (AvgIpc) is 3.35. The zero-order chi connectivity index (χ0) is 20.7. The minimum absolute atomic E-state index is 0.149. The van der Waals surface area contributed by atoms with Gasteiger partial charge in [0.25, 0.3) is 11.8 Å². The maximum atomic E-state index is 12.5. The van der Waals surface area contributed by atoms with Crippen LogP contribution < -0.4 is 5.32 Å². The van der Waals surface area contributed by atoms with E-state index in [1.54, 1.807) is 0 Å². The molecule has 1 fully saturated rings. The van der Waals surface area contributed by atoms with Crippen molar-refractivity contribution in [2.24, 2.45) is 0 Å². The summed E-state index contributed by atoms with van der Waals surface area (Å²) in [7, 11) is 0. The normalized spacial score (nSPS) is 13.8. The van der Waals surface area contributed by atoms with Gasteiger partial charge >= 0.3 is 0 Å². The molecule has 1 amide bonds. The minimum atomic E-state index is -0.149. The van der Waals surface area contributed by atoms with Crippen LogP contribution in [0.4, 0.5) is 0 Å². The molecular weight excluding hydrogens is 380 g/mol. The lowest BCUT2D eigenvalue weighted by Crippen LogP contribution is -2.24. The highest BCUT2D eigenvalue weighted by Crippen LogP contribution is 2.39. The van der Waals surface area contributed by atoms with E-state index in [0.29, 0.717) is 34.8 Å². The molecule has 1 N–H and O–H groups in total. The molecule has 0 unspecified atom stereocenters. The molecule has 1 aromatic carbocycles. The fourth-order valence-corrected chi connectivity index (χ4v) is 3.38. The molecular formula is C22H22N6O2. The molecule has 152 valence electrons. The minimum Gasteiger partial charge on any atom is -0.345 e. The SMILES string of the molecule is CC(C)c1ccc(C(=O)NCc2nnc3c(-c4nc(C5CC5)no4)cccn23)cc1. The summed E-state index contributed by atoms with van der Waals surface area (Å²) in [5.41, 5.74) is 3.17. The van der Waals surface area contributed by atoms with Crippen LogP contribution >= 0.6 is 0 Å². The Morgan fingerprint density at radius 2 is 2.00 bits per heavy atom. The molecule has 0 saturated heterocycles. The van der Waals surface area contributed by atoms with Crippen LogP contribution in [0.25, 0.3) is 17.1 Å². The van der Waals surface area contributed by atoms with Crippen LogP contribution in [-0.2, 0) is 6.54 Å². The maximum Gasteiger partial charge on any atom is 0.261 e. The average molecular weight is 402 g/mol. The van der Waals surface area contributed by atoms with Crippen molar-refractivity contribution in [2.45, 2.75) is 45.1 Å². The van der Waals surface area contributed by atoms with Crippen LogP contribution in [0.15, 0.2) is 47.1 Å². The molecule has 8 nitrogen and oxygen atoms in total. The van der Waals surface area contributed by atoms with Crippen LogP contribution in [0.3, 0.4) is 0 Å². The first-order chi connectivity index (χ1) is 14.6. The number of nitrogens with zero attached hydrogens (tertiary/aromatic N) is 5. The van der Waals surface area contributed by atoms with Crippen LogP contribution in [-0.4, -0.2) is 30.6 Å². The van der Waals surface area contributed by atoms with Crippen LogP contribution in [0, 0.1) is 0 Å². The highest BCUT2D eigenvalue weighted by molar-refractivity contribution is 5.94. The summed E-state index contributed by atoms with van der Waals surface area (Å²) in [4.78, 5) is 17.0. The lowest BCUT2D eigenvalue weighted by Gasteiger charge is -2.07. The second-order valence-electron chi connectivity index (χ2n) is 7.92. The number of hydrogen-bond acceptors (Lipinski definition) is 6. The molecule has 4 aromatic rings. The molecule has 1 aliphatic rings. The Morgan fingerprint density at radius 3 is 2.73 bits per heavy atom. The van der Waals surface area contributed by atoms with Crippen molar-refractivity contribution in [1.82, 2.24) is 30.1 Å². The molecule has 3 heterocycles. The van der Waals surface area contributed by atoms with E-state index in [9.17, 15) is 4.79 Å². The van der Waals surface area contributed by atoms with E-state index >= 15 is 0 Å². The molecule has 30 heavy (non-hydrogen) atoms. The summed E-state index contributed by atoms with van der Waals surface area (Å²) in [6.07, 6.45) is 4.08. The van der Waals surface area contributed by atoms with Crippen molar-refractivity contribution in [3.63, 3.8) is 0 Å². The summed E-state index contributed by atoms with van der Waals surface area (Å²) in [5, 5.41) is 15.5. The third-order valence-corrected chi connectivity index (χ3v) is 5.37. The number of amides is 1. The van der Waals surface area contributed by atoms with Gasteiger partial charge in [-0.2, -0.15) is 4.98 Å². The lowest BCUT2D eigenvalue weighted by molar-refractivity contribution is 0.0949.